The molecule has 0 radical (unpaired) electrons. The Bertz CT molecular complexity index is 922. The molecular weight excluding hydrogens is 404 g/mol. The van der Waals surface area contributed by atoms with E-state index in [1.54, 1.807) is 38.5 Å². The monoisotopic (exact) mass is 436 g/mol. The van der Waals surface area contributed by atoms with E-state index in [9.17, 15) is 9.59 Å². The largest absolute Gasteiger partial charge is 0.497 e. The zero-order valence-corrected chi connectivity index (χ0v) is 19.0. The molecule has 1 aliphatic carbocycles. The summed E-state index contributed by atoms with van der Waals surface area (Å²) in [6, 6.07) is 14.8. The quantitative estimate of drug-likeness (QED) is 0.624. The summed E-state index contributed by atoms with van der Waals surface area (Å²) in [5.41, 5.74) is 1.62. The van der Waals surface area contributed by atoms with E-state index in [0.29, 0.717) is 30.2 Å². The van der Waals surface area contributed by atoms with Crippen LogP contribution in [0.4, 0.5) is 0 Å². The van der Waals surface area contributed by atoms with Gasteiger partial charge in [-0.1, -0.05) is 12.1 Å². The van der Waals surface area contributed by atoms with Crippen LogP contribution in [0.15, 0.2) is 48.5 Å². The zero-order valence-electron chi connectivity index (χ0n) is 19.0. The van der Waals surface area contributed by atoms with Crippen LogP contribution in [0.5, 0.6) is 11.5 Å². The molecule has 1 unspecified atom stereocenters. The second-order valence-electron chi connectivity index (χ2n) is 8.79. The highest BCUT2D eigenvalue weighted by molar-refractivity contribution is 5.95. The molecule has 1 saturated carbocycles. The summed E-state index contributed by atoms with van der Waals surface area (Å²) >= 11 is 0. The van der Waals surface area contributed by atoms with Gasteiger partial charge in [0.2, 0.25) is 5.91 Å². The van der Waals surface area contributed by atoms with Gasteiger partial charge in [-0.25, -0.2) is 0 Å². The lowest BCUT2D eigenvalue weighted by atomic mass is 10.0. The van der Waals surface area contributed by atoms with Crippen molar-refractivity contribution in [2.75, 3.05) is 27.3 Å². The average Bonchev–Trinajstić information content (AvgIpc) is 3.66. The summed E-state index contributed by atoms with van der Waals surface area (Å²) in [7, 11) is 3.25. The van der Waals surface area contributed by atoms with Gasteiger partial charge in [0.1, 0.15) is 11.5 Å². The minimum Gasteiger partial charge on any atom is -0.497 e. The summed E-state index contributed by atoms with van der Waals surface area (Å²) in [5, 5.41) is 0. The summed E-state index contributed by atoms with van der Waals surface area (Å²) < 4.78 is 10.5. The smallest absolute Gasteiger partial charge is 0.254 e. The zero-order chi connectivity index (χ0) is 22.5. The molecule has 170 valence electrons. The van der Waals surface area contributed by atoms with Gasteiger partial charge in [-0.05, 0) is 73.6 Å². The van der Waals surface area contributed by atoms with Crippen LogP contribution < -0.4 is 9.47 Å². The SMILES string of the molecule is COc1ccc(CN(C(=O)c2ccc(OC)cc2)C2CCCN(CC3CC3)C(=O)C2)cc1. The van der Waals surface area contributed by atoms with E-state index in [0.717, 1.165) is 37.2 Å². The first-order chi connectivity index (χ1) is 15.6. The van der Waals surface area contributed by atoms with Gasteiger partial charge < -0.3 is 19.3 Å². The van der Waals surface area contributed by atoms with E-state index in [4.69, 9.17) is 9.47 Å². The van der Waals surface area contributed by atoms with Crippen LogP contribution in [0.25, 0.3) is 0 Å². The fourth-order valence-electron chi connectivity index (χ4n) is 4.34. The van der Waals surface area contributed by atoms with Crippen LogP contribution in [0.2, 0.25) is 0 Å². The second-order valence-corrected chi connectivity index (χ2v) is 8.79. The van der Waals surface area contributed by atoms with E-state index < -0.39 is 0 Å². The number of benzene rings is 2. The van der Waals surface area contributed by atoms with Crippen molar-refractivity contribution in [2.45, 2.75) is 44.7 Å². The van der Waals surface area contributed by atoms with Crippen molar-refractivity contribution >= 4 is 11.8 Å². The van der Waals surface area contributed by atoms with Gasteiger partial charge in [-0.15, -0.1) is 0 Å². The van der Waals surface area contributed by atoms with Gasteiger partial charge in [0.05, 0.1) is 14.2 Å². The van der Waals surface area contributed by atoms with E-state index in [1.807, 2.05) is 34.1 Å². The first kappa shape index (κ1) is 22.2. The van der Waals surface area contributed by atoms with E-state index >= 15 is 0 Å². The summed E-state index contributed by atoms with van der Waals surface area (Å²) in [5.74, 6) is 2.27. The standard InChI is InChI=1S/C26H32N2O4/c1-31-23-11-7-20(8-12-23)18-28(26(30)21-9-13-24(32-2)14-10-21)22-4-3-15-27(25(29)16-22)17-19-5-6-19/h7-14,19,22H,3-6,15-18H2,1-2H3. The molecular formula is C26H32N2O4. The minimum absolute atomic E-state index is 0.0584. The predicted molar refractivity (Wildman–Crippen MR) is 123 cm³/mol. The number of likely N-dealkylation sites (tertiary alicyclic amines) is 1. The van der Waals surface area contributed by atoms with Crippen LogP contribution in [0.3, 0.4) is 0 Å². The van der Waals surface area contributed by atoms with Crippen molar-refractivity contribution in [2.24, 2.45) is 5.92 Å². The van der Waals surface area contributed by atoms with Crippen molar-refractivity contribution in [3.8, 4) is 11.5 Å². The number of hydrogen-bond acceptors (Lipinski definition) is 4. The van der Waals surface area contributed by atoms with Crippen LogP contribution >= 0.6 is 0 Å². The predicted octanol–water partition coefficient (Wildman–Crippen LogP) is 4.14. The average molecular weight is 437 g/mol. The molecule has 2 aromatic carbocycles. The fourth-order valence-corrected chi connectivity index (χ4v) is 4.34. The van der Waals surface area contributed by atoms with Crippen LogP contribution in [-0.4, -0.2) is 55.0 Å². The molecule has 0 bridgehead atoms. The molecule has 32 heavy (non-hydrogen) atoms. The van der Waals surface area contributed by atoms with E-state index in [1.165, 1.54) is 12.8 Å². The van der Waals surface area contributed by atoms with Gasteiger partial charge in [-0.3, -0.25) is 9.59 Å². The minimum atomic E-state index is -0.122. The molecule has 2 aliphatic rings. The Morgan fingerprint density at radius 1 is 0.969 bits per heavy atom. The van der Waals surface area contributed by atoms with Gasteiger partial charge in [-0.2, -0.15) is 0 Å². The highest BCUT2D eigenvalue weighted by atomic mass is 16.5. The van der Waals surface area contributed by atoms with Crippen molar-refractivity contribution in [1.82, 2.24) is 9.80 Å². The Kier molecular flexibility index (Phi) is 6.98. The Hall–Kier alpha value is -3.02. The number of nitrogens with zero attached hydrogens (tertiary/aromatic N) is 2. The Morgan fingerprint density at radius 3 is 2.19 bits per heavy atom. The lowest BCUT2D eigenvalue weighted by Crippen LogP contribution is -2.42. The molecule has 1 atom stereocenters. The molecule has 1 saturated heterocycles. The van der Waals surface area contributed by atoms with E-state index in [2.05, 4.69) is 0 Å². The number of rotatable bonds is 8. The summed E-state index contributed by atoms with van der Waals surface area (Å²) in [4.78, 5) is 30.5. The van der Waals surface area contributed by atoms with Gasteiger partial charge in [0.15, 0.2) is 0 Å². The van der Waals surface area contributed by atoms with Crippen molar-refractivity contribution < 1.29 is 19.1 Å². The number of carbonyl (C=O) groups excluding carboxylic acids is 2. The molecule has 2 amide bonds. The number of carbonyl (C=O) groups is 2. The first-order valence-corrected chi connectivity index (χ1v) is 11.4. The number of hydrogen-bond donors (Lipinski definition) is 0. The van der Waals surface area contributed by atoms with Crippen molar-refractivity contribution in [3.63, 3.8) is 0 Å². The maximum Gasteiger partial charge on any atom is 0.254 e. The molecule has 4 rings (SSSR count). The highest BCUT2D eigenvalue weighted by Gasteiger charge is 2.33. The van der Waals surface area contributed by atoms with Crippen LogP contribution in [0.1, 0.15) is 48.0 Å². The Labute approximate surface area is 190 Å². The first-order valence-electron chi connectivity index (χ1n) is 11.4. The maximum atomic E-state index is 13.6. The molecule has 2 aromatic rings. The lowest BCUT2D eigenvalue weighted by Gasteiger charge is -2.31. The molecule has 0 spiro atoms. The highest BCUT2D eigenvalue weighted by Crippen LogP contribution is 2.31. The van der Waals surface area contributed by atoms with E-state index in [-0.39, 0.29) is 17.9 Å². The van der Waals surface area contributed by atoms with Gasteiger partial charge >= 0.3 is 0 Å². The molecule has 2 fully saturated rings. The third-order valence-corrected chi connectivity index (χ3v) is 6.45. The number of amides is 2. The molecule has 6 heteroatoms. The fraction of sp³-hybridized carbons (Fsp3) is 0.462. The third kappa shape index (κ3) is 5.42. The Balaban J connectivity index is 1.56. The molecule has 0 N–H and O–H groups in total. The second kappa shape index (κ2) is 10.1. The third-order valence-electron chi connectivity index (χ3n) is 6.45. The van der Waals surface area contributed by atoms with Gasteiger partial charge in [0.25, 0.3) is 5.91 Å². The number of methoxy groups -OCH3 is 2. The molecule has 1 aliphatic heterocycles. The van der Waals surface area contributed by atoms with Crippen LogP contribution in [-0.2, 0) is 11.3 Å². The number of ether oxygens (including phenoxy) is 2. The van der Waals surface area contributed by atoms with Gasteiger partial charge in [0, 0.05) is 37.7 Å². The molecule has 6 nitrogen and oxygen atoms in total. The molecule has 1 heterocycles. The maximum absolute atomic E-state index is 13.6. The topological polar surface area (TPSA) is 59.1 Å². The lowest BCUT2D eigenvalue weighted by molar-refractivity contribution is -0.131. The van der Waals surface area contributed by atoms with Crippen molar-refractivity contribution in [1.29, 1.82) is 0 Å². The summed E-state index contributed by atoms with van der Waals surface area (Å²) in [6.07, 6.45) is 4.58. The Morgan fingerprint density at radius 2 is 1.59 bits per heavy atom. The summed E-state index contributed by atoms with van der Waals surface area (Å²) in [6.45, 7) is 2.12. The normalized spacial score (nSPS) is 18.8. The molecule has 0 aromatic heterocycles. The van der Waals surface area contributed by atoms with Crippen molar-refractivity contribution in [3.05, 3.63) is 59.7 Å². The van der Waals surface area contributed by atoms with Crippen LogP contribution in [0, 0.1) is 5.92 Å².